The molecule has 6 N–H and O–H groups in total. The monoisotopic (exact) mass is 780 g/mol. The third-order valence-electron chi connectivity index (χ3n) is 9.18. The molecule has 0 radical (unpaired) electrons. The van der Waals surface area contributed by atoms with Gasteiger partial charge in [-0.1, -0.05) is 63.2 Å². The number of aryl methyl sites for hydroxylation is 1. The van der Waals surface area contributed by atoms with E-state index in [4.69, 9.17) is 4.74 Å². The number of thiazole rings is 1. The van der Waals surface area contributed by atoms with Crippen LogP contribution >= 0.6 is 11.3 Å². The first-order valence-corrected chi connectivity index (χ1v) is 18.8. The Balaban J connectivity index is 1.61. The SMILES string of the molecule is CNC(=O)C[C@@H](C(=O)N[C@@H](Cc1ccccc1)[C@@H](O)CN(Cc1ccc(OC)cc1)NC(=O)[C@@H](NC(=O)O)C(C)(C)C)N1CCN(Cc2csc(C)n2)C1=O. The summed E-state index contributed by atoms with van der Waals surface area (Å²) >= 11 is 1.47. The van der Waals surface area contributed by atoms with Gasteiger partial charge in [0.1, 0.15) is 17.8 Å². The van der Waals surface area contributed by atoms with Gasteiger partial charge in [-0.25, -0.2) is 19.6 Å². The first kappa shape index (κ1) is 42.5. The third-order valence-corrected chi connectivity index (χ3v) is 10.0. The number of hydrogen-bond donors (Lipinski definition) is 6. The van der Waals surface area contributed by atoms with Gasteiger partial charge in [-0.2, -0.15) is 0 Å². The van der Waals surface area contributed by atoms with Gasteiger partial charge in [0.2, 0.25) is 11.8 Å². The van der Waals surface area contributed by atoms with Crippen LogP contribution in [0.5, 0.6) is 5.75 Å². The van der Waals surface area contributed by atoms with E-state index in [1.54, 1.807) is 57.0 Å². The molecule has 1 fully saturated rings. The lowest BCUT2D eigenvalue weighted by Gasteiger charge is -2.35. The highest BCUT2D eigenvalue weighted by molar-refractivity contribution is 7.09. The summed E-state index contributed by atoms with van der Waals surface area (Å²) in [6.07, 6.45) is -2.83. The molecular weight excluding hydrogens is 729 g/mol. The van der Waals surface area contributed by atoms with Crippen LogP contribution in [-0.4, -0.2) is 118 Å². The van der Waals surface area contributed by atoms with E-state index in [0.717, 1.165) is 21.8 Å². The molecule has 0 aliphatic carbocycles. The van der Waals surface area contributed by atoms with Crippen molar-refractivity contribution in [2.24, 2.45) is 5.41 Å². The van der Waals surface area contributed by atoms with Gasteiger partial charge in [0, 0.05) is 38.6 Å². The second-order valence-electron chi connectivity index (χ2n) is 14.5. The summed E-state index contributed by atoms with van der Waals surface area (Å²) in [6.45, 7) is 7.72. The number of benzene rings is 2. The Hall–Kier alpha value is -5.26. The Labute approximate surface area is 325 Å². The molecule has 3 aromatic rings. The highest BCUT2D eigenvalue weighted by Gasteiger charge is 2.40. The molecule has 4 rings (SSSR count). The van der Waals surface area contributed by atoms with Gasteiger partial charge in [-0.3, -0.25) is 19.8 Å². The lowest BCUT2D eigenvalue weighted by atomic mass is 9.86. The van der Waals surface area contributed by atoms with E-state index in [0.29, 0.717) is 12.3 Å². The molecule has 1 saturated heterocycles. The molecule has 1 aromatic heterocycles. The van der Waals surface area contributed by atoms with Crippen molar-refractivity contribution in [1.82, 2.24) is 41.2 Å². The summed E-state index contributed by atoms with van der Waals surface area (Å²) < 4.78 is 5.28. The summed E-state index contributed by atoms with van der Waals surface area (Å²) in [5.74, 6) is -1.10. The average molecular weight is 781 g/mol. The van der Waals surface area contributed by atoms with Crippen molar-refractivity contribution in [2.75, 3.05) is 33.8 Å². The minimum absolute atomic E-state index is 0.0959. The fourth-order valence-corrected chi connectivity index (χ4v) is 6.84. The second-order valence-corrected chi connectivity index (χ2v) is 15.5. The predicted octanol–water partition coefficient (Wildman–Crippen LogP) is 2.51. The molecule has 2 heterocycles. The smallest absolute Gasteiger partial charge is 0.405 e. The van der Waals surface area contributed by atoms with E-state index >= 15 is 0 Å². The molecule has 2 aromatic carbocycles. The summed E-state index contributed by atoms with van der Waals surface area (Å²) in [5.41, 5.74) is 4.25. The molecular formula is C38H52N8O8S. The maximum Gasteiger partial charge on any atom is 0.405 e. The summed E-state index contributed by atoms with van der Waals surface area (Å²) in [5, 5.41) is 33.4. The molecule has 17 heteroatoms. The summed E-state index contributed by atoms with van der Waals surface area (Å²) in [4.78, 5) is 73.3. The van der Waals surface area contributed by atoms with Crippen LogP contribution in [0.2, 0.25) is 0 Å². The molecule has 1 aliphatic heterocycles. The Morgan fingerprint density at radius 1 is 1.00 bits per heavy atom. The molecule has 4 atom stereocenters. The maximum atomic E-state index is 14.2. The highest BCUT2D eigenvalue weighted by Crippen LogP contribution is 2.22. The van der Waals surface area contributed by atoms with Crippen molar-refractivity contribution < 1.29 is 38.9 Å². The average Bonchev–Trinajstić information content (AvgIpc) is 3.72. The predicted molar refractivity (Wildman–Crippen MR) is 206 cm³/mol. The van der Waals surface area contributed by atoms with E-state index in [-0.39, 0.29) is 39.0 Å². The largest absolute Gasteiger partial charge is 0.497 e. The number of hydrazine groups is 1. The zero-order valence-corrected chi connectivity index (χ0v) is 32.9. The lowest BCUT2D eigenvalue weighted by Crippen LogP contribution is -2.60. The number of rotatable bonds is 18. The number of carbonyl (C=O) groups excluding carboxylic acids is 4. The number of aromatic nitrogens is 1. The number of nitrogens with zero attached hydrogens (tertiary/aromatic N) is 4. The van der Waals surface area contributed by atoms with E-state index in [2.05, 4.69) is 26.4 Å². The van der Waals surface area contributed by atoms with Crippen LogP contribution in [0.1, 0.15) is 49.0 Å². The molecule has 0 bridgehead atoms. The number of aliphatic hydroxyl groups excluding tert-OH is 1. The Morgan fingerprint density at radius 2 is 1.69 bits per heavy atom. The number of carbonyl (C=O) groups is 5. The van der Waals surface area contributed by atoms with Gasteiger partial charge in [0.25, 0.3) is 5.91 Å². The molecule has 55 heavy (non-hydrogen) atoms. The molecule has 0 unspecified atom stereocenters. The number of hydrogen-bond acceptors (Lipinski definition) is 10. The summed E-state index contributed by atoms with van der Waals surface area (Å²) in [7, 11) is 2.99. The van der Waals surface area contributed by atoms with Crippen LogP contribution in [0.25, 0.3) is 0 Å². The van der Waals surface area contributed by atoms with E-state index < -0.39 is 59.5 Å². The van der Waals surface area contributed by atoms with Gasteiger partial charge in [0.05, 0.1) is 42.9 Å². The van der Waals surface area contributed by atoms with Crippen molar-refractivity contribution in [3.63, 3.8) is 0 Å². The van der Waals surface area contributed by atoms with Crippen LogP contribution in [0.3, 0.4) is 0 Å². The van der Waals surface area contributed by atoms with Crippen LogP contribution in [0.15, 0.2) is 60.0 Å². The van der Waals surface area contributed by atoms with Crippen molar-refractivity contribution in [2.45, 2.75) is 77.9 Å². The Morgan fingerprint density at radius 3 is 2.27 bits per heavy atom. The van der Waals surface area contributed by atoms with Gasteiger partial charge >= 0.3 is 12.1 Å². The van der Waals surface area contributed by atoms with Gasteiger partial charge in [-0.05, 0) is 42.0 Å². The topological polar surface area (TPSA) is 206 Å². The minimum atomic E-state index is -1.37. The molecule has 0 saturated carbocycles. The first-order valence-electron chi connectivity index (χ1n) is 17.9. The fraction of sp³-hybridized carbons (Fsp3) is 0.474. The number of carboxylic acid groups (broad SMARTS) is 1. The fourth-order valence-electron chi connectivity index (χ4n) is 6.24. The van der Waals surface area contributed by atoms with E-state index in [9.17, 15) is 34.2 Å². The normalized spacial score (nSPS) is 15.2. The number of ether oxygens (including phenoxy) is 1. The lowest BCUT2D eigenvalue weighted by molar-refractivity contribution is -0.133. The van der Waals surface area contributed by atoms with Crippen LogP contribution < -0.4 is 26.1 Å². The van der Waals surface area contributed by atoms with Crippen molar-refractivity contribution >= 4 is 41.2 Å². The van der Waals surface area contributed by atoms with Gasteiger partial charge in [-0.15, -0.1) is 11.3 Å². The molecule has 16 nitrogen and oxygen atoms in total. The van der Waals surface area contributed by atoms with Crippen molar-refractivity contribution in [3.8, 4) is 5.75 Å². The maximum absolute atomic E-state index is 14.2. The quantitative estimate of drug-likeness (QED) is 0.104. The first-order chi connectivity index (χ1) is 26.1. The van der Waals surface area contributed by atoms with Crippen LogP contribution in [0.4, 0.5) is 9.59 Å². The summed E-state index contributed by atoms with van der Waals surface area (Å²) in [6, 6.07) is 12.6. The second kappa shape index (κ2) is 19.4. The number of aliphatic hydroxyl groups is 1. The standard InChI is InChI=1S/C38H52N8O8S/c1-24-40-27(23-55-24)21-44-16-17-46(37(44)53)30(19-32(48)39-5)34(49)41-29(18-25-10-8-7-9-11-25)31(47)22-45(20-26-12-14-28(54-6)15-13-26)43-35(50)33(38(2,3)4)42-36(51)52/h7-15,23,29-31,33,42,47H,16-22H2,1-6H3,(H,39,48)(H,41,49)(H,43,50)(H,51,52)/t29-,30-,31-,33+/m0/s1. The number of amides is 6. The number of urea groups is 1. The van der Waals surface area contributed by atoms with E-state index in [1.807, 2.05) is 42.6 Å². The van der Waals surface area contributed by atoms with Gasteiger partial charge in [0.15, 0.2) is 0 Å². The molecule has 1 aliphatic rings. The highest BCUT2D eigenvalue weighted by atomic mass is 32.1. The van der Waals surface area contributed by atoms with E-state index in [1.165, 1.54) is 28.3 Å². The van der Waals surface area contributed by atoms with Crippen LogP contribution in [0, 0.1) is 12.3 Å². The number of nitrogens with one attached hydrogen (secondary N) is 4. The zero-order valence-electron chi connectivity index (χ0n) is 32.1. The van der Waals surface area contributed by atoms with Crippen LogP contribution in [-0.2, 0) is 33.9 Å². The third kappa shape index (κ3) is 12.4. The minimum Gasteiger partial charge on any atom is -0.497 e. The Bertz CT molecular complexity index is 1770. The number of methoxy groups -OCH3 is 1. The molecule has 298 valence electrons. The van der Waals surface area contributed by atoms with Crippen molar-refractivity contribution in [1.29, 1.82) is 0 Å². The molecule has 6 amide bonds. The molecule has 0 spiro atoms. The van der Waals surface area contributed by atoms with Gasteiger partial charge < -0.3 is 40.7 Å². The Kier molecular flexibility index (Phi) is 15.0. The van der Waals surface area contributed by atoms with Crippen molar-refractivity contribution in [3.05, 3.63) is 81.8 Å². The zero-order chi connectivity index (χ0) is 40.3.